The first kappa shape index (κ1) is 24.4. The van der Waals surface area contributed by atoms with Gasteiger partial charge >= 0.3 is 12.5 Å². The van der Waals surface area contributed by atoms with Gasteiger partial charge < -0.3 is 9.47 Å². The van der Waals surface area contributed by atoms with Crippen molar-refractivity contribution in [2.75, 3.05) is 0 Å². The van der Waals surface area contributed by atoms with Crippen molar-refractivity contribution in [1.29, 1.82) is 0 Å². The van der Waals surface area contributed by atoms with Crippen LogP contribution in [0.15, 0.2) is 78.9 Å². The standard InChI is InChI=1S/C24H19F7O2/c25-22(23(26,27)28,18-11-13-20(14-12-18)33-24(29,30)31)15-5-7-17-6-4-10-21(16-17)32-19-8-2-1-3-9-19/h1-4,6,8-14,16H,5,7,15H2. The molecule has 0 N–H and O–H groups in total. The van der Waals surface area contributed by atoms with Gasteiger partial charge in [-0.1, -0.05) is 42.5 Å². The maximum atomic E-state index is 15.2. The number of halogens is 7. The summed E-state index contributed by atoms with van der Waals surface area (Å²) < 4.78 is 102. The predicted molar refractivity (Wildman–Crippen MR) is 108 cm³/mol. The number of ether oxygens (including phenoxy) is 2. The second-order valence-corrected chi connectivity index (χ2v) is 7.29. The topological polar surface area (TPSA) is 18.5 Å². The fourth-order valence-corrected chi connectivity index (χ4v) is 3.30. The predicted octanol–water partition coefficient (Wildman–Crippen LogP) is 8.13. The average molecular weight is 472 g/mol. The van der Waals surface area contributed by atoms with Crippen molar-refractivity contribution < 1.29 is 40.2 Å². The second-order valence-electron chi connectivity index (χ2n) is 7.29. The highest BCUT2D eigenvalue weighted by Gasteiger charge is 2.56. The van der Waals surface area contributed by atoms with E-state index in [0.29, 0.717) is 41.3 Å². The number of rotatable bonds is 8. The van der Waals surface area contributed by atoms with Crippen LogP contribution in [0.4, 0.5) is 30.7 Å². The first-order valence-electron chi connectivity index (χ1n) is 9.90. The molecule has 9 heteroatoms. The molecule has 0 bridgehead atoms. The molecule has 1 atom stereocenters. The summed E-state index contributed by atoms with van der Waals surface area (Å²) in [5, 5.41) is 0. The zero-order chi connectivity index (χ0) is 24.1. The molecule has 0 aromatic heterocycles. The van der Waals surface area contributed by atoms with Crippen molar-refractivity contribution in [3.05, 3.63) is 90.0 Å². The number of aryl methyl sites for hydroxylation is 1. The summed E-state index contributed by atoms with van der Waals surface area (Å²) in [6.07, 6.45) is -11.2. The SMILES string of the molecule is FC(F)(F)Oc1ccc(C(F)(CCCc2cccc(Oc3ccccc3)c2)C(F)(F)F)cc1. The van der Waals surface area contributed by atoms with Gasteiger partial charge in [0.15, 0.2) is 0 Å². The third kappa shape index (κ3) is 6.63. The highest BCUT2D eigenvalue weighted by atomic mass is 19.4. The van der Waals surface area contributed by atoms with Gasteiger partial charge in [0.2, 0.25) is 5.67 Å². The van der Waals surface area contributed by atoms with Crippen molar-refractivity contribution in [3.8, 4) is 17.2 Å². The van der Waals surface area contributed by atoms with Crippen molar-refractivity contribution in [3.63, 3.8) is 0 Å². The molecule has 0 spiro atoms. The van der Waals surface area contributed by atoms with Crippen LogP contribution in [0.2, 0.25) is 0 Å². The first-order valence-corrected chi connectivity index (χ1v) is 9.90. The van der Waals surface area contributed by atoms with Crippen LogP contribution in [0, 0.1) is 0 Å². The molecular weight excluding hydrogens is 453 g/mol. The van der Waals surface area contributed by atoms with Crippen molar-refractivity contribution in [1.82, 2.24) is 0 Å². The summed E-state index contributed by atoms with van der Waals surface area (Å²) in [5.74, 6) is 0.347. The molecular formula is C24H19F7O2. The van der Waals surface area contributed by atoms with E-state index in [1.54, 1.807) is 48.5 Å². The normalized spacial score (nSPS) is 13.9. The largest absolute Gasteiger partial charge is 0.573 e. The van der Waals surface area contributed by atoms with Gasteiger partial charge in [-0.25, -0.2) is 4.39 Å². The highest BCUT2D eigenvalue weighted by molar-refractivity contribution is 5.34. The van der Waals surface area contributed by atoms with Crippen molar-refractivity contribution in [2.45, 2.75) is 37.5 Å². The van der Waals surface area contributed by atoms with Crippen molar-refractivity contribution >= 4 is 0 Å². The van der Waals surface area contributed by atoms with E-state index >= 15 is 4.39 Å². The molecule has 3 aromatic carbocycles. The van der Waals surface area contributed by atoms with Crippen LogP contribution in [0.3, 0.4) is 0 Å². The number of hydrogen-bond acceptors (Lipinski definition) is 2. The molecule has 33 heavy (non-hydrogen) atoms. The lowest BCUT2D eigenvalue weighted by molar-refractivity contribution is -0.274. The Labute approximate surface area is 185 Å². The quantitative estimate of drug-likeness (QED) is 0.308. The van der Waals surface area contributed by atoms with E-state index in [1.165, 1.54) is 0 Å². The van der Waals surface area contributed by atoms with Gasteiger partial charge in [0.25, 0.3) is 0 Å². The molecule has 2 nitrogen and oxygen atoms in total. The Morgan fingerprint density at radius 1 is 0.636 bits per heavy atom. The summed E-state index contributed by atoms with van der Waals surface area (Å²) in [7, 11) is 0. The summed E-state index contributed by atoms with van der Waals surface area (Å²) in [6.45, 7) is 0. The zero-order valence-electron chi connectivity index (χ0n) is 17.1. The van der Waals surface area contributed by atoms with Crippen LogP contribution < -0.4 is 9.47 Å². The van der Waals surface area contributed by atoms with Gasteiger partial charge in [-0.2, -0.15) is 13.2 Å². The summed E-state index contributed by atoms with van der Waals surface area (Å²) in [4.78, 5) is 0. The van der Waals surface area contributed by atoms with E-state index in [4.69, 9.17) is 4.74 Å². The second kappa shape index (κ2) is 9.72. The minimum absolute atomic E-state index is 0.142. The molecule has 1 unspecified atom stereocenters. The molecule has 3 aromatic rings. The molecule has 0 saturated heterocycles. The van der Waals surface area contributed by atoms with Crippen LogP contribution in [0.1, 0.15) is 24.0 Å². The van der Waals surface area contributed by atoms with Gasteiger partial charge in [0, 0.05) is 0 Å². The molecule has 0 saturated carbocycles. The molecule has 0 radical (unpaired) electrons. The van der Waals surface area contributed by atoms with Crippen LogP contribution in [-0.4, -0.2) is 12.5 Å². The fraction of sp³-hybridized carbons (Fsp3) is 0.250. The summed E-state index contributed by atoms with van der Waals surface area (Å²) in [5.41, 5.74) is -3.85. The Hall–Kier alpha value is -3.23. The van der Waals surface area contributed by atoms with Gasteiger partial charge in [-0.15, -0.1) is 13.2 Å². The molecule has 3 rings (SSSR count). The van der Waals surface area contributed by atoms with E-state index in [9.17, 15) is 26.3 Å². The van der Waals surface area contributed by atoms with Crippen molar-refractivity contribution in [2.24, 2.45) is 0 Å². The number of alkyl halides is 7. The first-order chi connectivity index (χ1) is 15.5. The van der Waals surface area contributed by atoms with Gasteiger partial charge in [0.1, 0.15) is 17.2 Å². The maximum Gasteiger partial charge on any atom is 0.573 e. The summed E-state index contributed by atoms with van der Waals surface area (Å²) >= 11 is 0. The van der Waals surface area contributed by atoms with Gasteiger partial charge in [-0.05, 0) is 66.8 Å². The monoisotopic (exact) mass is 472 g/mol. The molecule has 0 heterocycles. The van der Waals surface area contributed by atoms with Gasteiger partial charge in [-0.3, -0.25) is 0 Å². The lowest BCUT2D eigenvalue weighted by Gasteiger charge is -2.28. The molecule has 0 aliphatic heterocycles. The Balaban J connectivity index is 1.69. The number of hydrogen-bond donors (Lipinski definition) is 0. The number of para-hydroxylation sites is 1. The Morgan fingerprint density at radius 2 is 1.27 bits per heavy atom. The van der Waals surface area contributed by atoms with Gasteiger partial charge in [0.05, 0.1) is 0 Å². The van der Waals surface area contributed by atoms with Crippen LogP contribution in [0.5, 0.6) is 17.2 Å². The molecule has 0 aliphatic rings. The Morgan fingerprint density at radius 3 is 1.88 bits per heavy atom. The third-order valence-corrected chi connectivity index (χ3v) is 4.86. The van der Waals surface area contributed by atoms with Crippen LogP contribution >= 0.6 is 0 Å². The lowest BCUT2D eigenvalue weighted by atomic mass is 9.88. The van der Waals surface area contributed by atoms with Crippen LogP contribution in [0.25, 0.3) is 0 Å². The van der Waals surface area contributed by atoms with E-state index in [2.05, 4.69) is 4.74 Å². The Kier molecular flexibility index (Phi) is 7.19. The van der Waals surface area contributed by atoms with E-state index < -0.39 is 35.9 Å². The van der Waals surface area contributed by atoms with E-state index in [1.807, 2.05) is 6.07 Å². The third-order valence-electron chi connectivity index (χ3n) is 4.86. The fourth-order valence-electron chi connectivity index (χ4n) is 3.30. The van der Waals surface area contributed by atoms with Crippen LogP contribution in [-0.2, 0) is 12.1 Å². The minimum atomic E-state index is -5.25. The zero-order valence-corrected chi connectivity index (χ0v) is 17.1. The smallest absolute Gasteiger partial charge is 0.457 e. The molecule has 0 aliphatic carbocycles. The minimum Gasteiger partial charge on any atom is -0.457 e. The highest BCUT2D eigenvalue weighted by Crippen LogP contribution is 2.46. The van der Waals surface area contributed by atoms with E-state index in [-0.39, 0.29) is 12.8 Å². The molecule has 0 fully saturated rings. The Bertz CT molecular complexity index is 1030. The number of benzene rings is 3. The maximum absolute atomic E-state index is 15.2. The molecule has 176 valence electrons. The molecule has 0 amide bonds. The summed E-state index contributed by atoms with van der Waals surface area (Å²) in [6, 6.07) is 18.2. The lowest BCUT2D eigenvalue weighted by Crippen LogP contribution is -2.38. The van der Waals surface area contributed by atoms with E-state index in [0.717, 1.165) is 0 Å². The average Bonchev–Trinajstić information content (AvgIpc) is 2.73.